The lowest BCUT2D eigenvalue weighted by Crippen LogP contribution is -2.52. The van der Waals surface area contributed by atoms with Gasteiger partial charge in [-0.3, -0.25) is 13.9 Å². The number of carbonyl (C=O) groups excluding carboxylic acids is 2. The van der Waals surface area contributed by atoms with E-state index in [1.165, 1.54) is 24.1 Å². The van der Waals surface area contributed by atoms with Crippen molar-refractivity contribution < 1.29 is 27.5 Å². The molecule has 0 aliphatic rings. The summed E-state index contributed by atoms with van der Waals surface area (Å²) in [6, 6.07) is 19.0. The molecule has 10 heteroatoms. The van der Waals surface area contributed by atoms with Gasteiger partial charge in [0.05, 0.1) is 24.8 Å². The SMILES string of the molecule is COc1ccc(CN(C(=O)CN(c2ccc(C)cc2)S(=O)(=O)c2ccc(OC)cc2)C(C)C(=O)NC(C)C)cc1. The quantitative estimate of drug-likeness (QED) is 0.353. The molecule has 0 fully saturated rings. The fraction of sp³-hybridized carbons (Fsp3) is 0.333. The molecule has 3 aromatic carbocycles. The Morgan fingerprint density at radius 1 is 0.825 bits per heavy atom. The molecule has 214 valence electrons. The molecule has 40 heavy (non-hydrogen) atoms. The van der Waals surface area contributed by atoms with Gasteiger partial charge in [-0.1, -0.05) is 29.8 Å². The Labute approximate surface area is 236 Å². The van der Waals surface area contributed by atoms with Crippen molar-refractivity contribution in [3.63, 3.8) is 0 Å². The first-order chi connectivity index (χ1) is 19.0. The van der Waals surface area contributed by atoms with Crippen LogP contribution in [0.2, 0.25) is 0 Å². The van der Waals surface area contributed by atoms with Gasteiger partial charge in [0.15, 0.2) is 0 Å². The van der Waals surface area contributed by atoms with Gasteiger partial charge in [0.2, 0.25) is 11.8 Å². The molecular weight excluding hydrogens is 530 g/mol. The standard InChI is InChI=1S/C30H37N3O6S/c1-21(2)31-30(35)23(4)32(19-24-9-13-26(38-5)14-10-24)29(34)20-33(25-11-7-22(3)8-12-25)40(36,37)28-17-15-27(39-6)16-18-28/h7-18,21,23H,19-20H2,1-6H3,(H,31,35). The first-order valence-electron chi connectivity index (χ1n) is 12.9. The zero-order chi connectivity index (χ0) is 29.4. The fourth-order valence-corrected chi connectivity index (χ4v) is 5.44. The highest BCUT2D eigenvalue weighted by Crippen LogP contribution is 2.26. The third-order valence-corrected chi connectivity index (χ3v) is 8.15. The molecule has 0 aliphatic heterocycles. The first-order valence-corrected chi connectivity index (χ1v) is 14.4. The Balaban J connectivity index is 2.01. The summed E-state index contributed by atoms with van der Waals surface area (Å²) in [6.45, 7) is 6.78. The van der Waals surface area contributed by atoms with Crippen LogP contribution >= 0.6 is 0 Å². The molecule has 1 atom stereocenters. The van der Waals surface area contributed by atoms with E-state index < -0.39 is 28.5 Å². The normalized spacial score (nSPS) is 12.0. The Kier molecular flexibility index (Phi) is 10.2. The lowest BCUT2D eigenvalue weighted by atomic mass is 10.1. The highest BCUT2D eigenvalue weighted by molar-refractivity contribution is 7.92. The van der Waals surface area contributed by atoms with E-state index >= 15 is 0 Å². The zero-order valence-electron chi connectivity index (χ0n) is 23.7. The van der Waals surface area contributed by atoms with Crippen LogP contribution in [0.3, 0.4) is 0 Å². The van der Waals surface area contributed by atoms with Crippen molar-refractivity contribution in [2.24, 2.45) is 0 Å². The maximum absolute atomic E-state index is 13.9. The number of nitrogens with zero attached hydrogens (tertiary/aromatic N) is 2. The van der Waals surface area contributed by atoms with Gasteiger partial charge in [-0.15, -0.1) is 0 Å². The summed E-state index contributed by atoms with van der Waals surface area (Å²) in [5.41, 5.74) is 2.04. The van der Waals surface area contributed by atoms with Crippen LogP contribution in [0.1, 0.15) is 31.9 Å². The molecule has 3 rings (SSSR count). The molecule has 0 saturated heterocycles. The number of methoxy groups -OCH3 is 2. The second-order valence-electron chi connectivity index (χ2n) is 9.73. The van der Waals surface area contributed by atoms with E-state index in [-0.39, 0.29) is 23.4 Å². The minimum absolute atomic E-state index is 0.00831. The second kappa shape index (κ2) is 13.3. The second-order valence-corrected chi connectivity index (χ2v) is 11.6. The number of hydrogen-bond donors (Lipinski definition) is 1. The molecule has 0 bridgehead atoms. The van der Waals surface area contributed by atoms with Gasteiger partial charge in [0, 0.05) is 12.6 Å². The number of benzene rings is 3. The van der Waals surface area contributed by atoms with E-state index in [2.05, 4.69) is 5.32 Å². The molecule has 2 amide bonds. The number of nitrogens with one attached hydrogen (secondary N) is 1. The van der Waals surface area contributed by atoms with Gasteiger partial charge in [0.25, 0.3) is 10.0 Å². The van der Waals surface area contributed by atoms with Crippen molar-refractivity contribution in [1.29, 1.82) is 0 Å². The summed E-state index contributed by atoms with van der Waals surface area (Å²) in [7, 11) is -1.10. The summed E-state index contributed by atoms with van der Waals surface area (Å²) in [5, 5.41) is 2.84. The number of rotatable bonds is 12. The van der Waals surface area contributed by atoms with Crippen LogP contribution < -0.4 is 19.1 Å². The molecule has 1 N–H and O–H groups in total. The maximum Gasteiger partial charge on any atom is 0.264 e. The number of amides is 2. The summed E-state index contributed by atoms with van der Waals surface area (Å²) in [4.78, 5) is 28.3. The van der Waals surface area contributed by atoms with E-state index in [1.807, 2.05) is 20.8 Å². The van der Waals surface area contributed by atoms with E-state index in [0.29, 0.717) is 17.2 Å². The molecule has 0 aromatic heterocycles. The molecule has 0 aliphatic carbocycles. The van der Waals surface area contributed by atoms with Crippen molar-refractivity contribution in [1.82, 2.24) is 10.2 Å². The van der Waals surface area contributed by atoms with Crippen LogP contribution in [0.25, 0.3) is 0 Å². The Morgan fingerprint density at radius 2 is 1.35 bits per heavy atom. The van der Waals surface area contributed by atoms with E-state index in [1.54, 1.807) is 74.7 Å². The highest BCUT2D eigenvalue weighted by atomic mass is 32.2. The summed E-state index contributed by atoms with van der Waals surface area (Å²) in [6.07, 6.45) is 0. The summed E-state index contributed by atoms with van der Waals surface area (Å²) >= 11 is 0. The van der Waals surface area contributed by atoms with Crippen LogP contribution in [-0.2, 0) is 26.2 Å². The van der Waals surface area contributed by atoms with Crippen molar-refractivity contribution in [3.8, 4) is 11.5 Å². The summed E-state index contributed by atoms with van der Waals surface area (Å²) < 4.78 is 39.2. The van der Waals surface area contributed by atoms with Gasteiger partial charge < -0.3 is 19.7 Å². The molecular formula is C30H37N3O6S. The molecule has 0 radical (unpaired) electrons. The van der Waals surface area contributed by atoms with E-state index in [9.17, 15) is 18.0 Å². The largest absolute Gasteiger partial charge is 0.497 e. The van der Waals surface area contributed by atoms with Crippen LogP contribution in [0.15, 0.2) is 77.7 Å². The van der Waals surface area contributed by atoms with Crippen LogP contribution in [-0.4, -0.2) is 58.0 Å². The monoisotopic (exact) mass is 567 g/mol. The average molecular weight is 568 g/mol. The van der Waals surface area contributed by atoms with E-state index in [4.69, 9.17) is 9.47 Å². The van der Waals surface area contributed by atoms with Gasteiger partial charge in [-0.25, -0.2) is 8.42 Å². The average Bonchev–Trinajstić information content (AvgIpc) is 2.94. The lowest BCUT2D eigenvalue weighted by molar-refractivity contribution is -0.139. The minimum Gasteiger partial charge on any atom is -0.497 e. The topological polar surface area (TPSA) is 105 Å². The predicted octanol–water partition coefficient (Wildman–Crippen LogP) is 4.15. The van der Waals surface area contributed by atoms with Crippen LogP contribution in [0.5, 0.6) is 11.5 Å². The van der Waals surface area contributed by atoms with E-state index in [0.717, 1.165) is 15.4 Å². The number of carbonyl (C=O) groups is 2. The minimum atomic E-state index is -4.15. The van der Waals surface area contributed by atoms with Crippen molar-refractivity contribution >= 4 is 27.5 Å². The third kappa shape index (κ3) is 7.53. The molecule has 1 unspecified atom stereocenters. The lowest BCUT2D eigenvalue weighted by Gasteiger charge is -2.32. The number of sulfonamides is 1. The first kappa shape index (κ1) is 30.5. The molecule has 0 saturated carbocycles. The maximum atomic E-state index is 13.9. The number of anilines is 1. The fourth-order valence-electron chi connectivity index (χ4n) is 4.03. The predicted molar refractivity (Wildman–Crippen MR) is 155 cm³/mol. The van der Waals surface area contributed by atoms with Gasteiger partial charge >= 0.3 is 0 Å². The van der Waals surface area contributed by atoms with Gasteiger partial charge in [0.1, 0.15) is 24.1 Å². The summed E-state index contributed by atoms with van der Waals surface area (Å²) in [5.74, 6) is 0.299. The number of aryl methyl sites for hydroxylation is 1. The molecule has 9 nitrogen and oxygen atoms in total. The number of hydrogen-bond acceptors (Lipinski definition) is 6. The van der Waals surface area contributed by atoms with Crippen molar-refractivity contribution in [2.75, 3.05) is 25.1 Å². The van der Waals surface area contributed by atoms with Gasteiger partial charge in [-0.2, -0.15) is 0 Å². The molecule has 0 heterocycles. The Hall–Kier alpha value is -4.05. The zero-order valence-corrected chi connectivity index (χ0v) is 24.6. The third-order valence-electron chi connectivity index (χ3n) is 6.36. The number of ether oxygens (including phenoxy) is 2. The highest BCUT2D eigenvalue weighted by Gasteiger charge is 2.32. The Morgan fingerprint density at radius 3 is 1.85 bits per heavy atom. The van der Waals surface area contributed by atoms with Crippen LogP contribution in [0.4, 0.5) is 5.69 Å². The van der Waals surface area contributed by atoms with Crippen molar-refractivity contribution in [2.45, 2.75) is 51.2 Å². The van der Waals surface area contributed by atoms with Crippen molar-refractivity contribution in [3.05, 3.63) is 83.9 Å². The molecule has 3 aromatic rings. The smallest absolute Gasteiger partial charge is 0.264 e. The Bertz CT molecular complexity index is 1390. The van der Waals surface area contributed by atoms with Gasteiger partial charge in [-0.05, 0) is 81.8 Å². The van der Waals surface area contributed by atoms with Crippen LogP contribution in [0, 0.1) is 6.92 Å². The molecule has 0 spiro atoms.